The van der Waals surface area contributed by atoms with Crippen LogP contribution in [0.3, 0.4) is 0 Å². The molecule has 7 heteroatoms. The van der Waals surface area contributed by atoms with Crippen molar-refractivity contribution < 1.29 is 9.53 Å². The number of nitrogens with zero attached hydrogens (tertiary/aromatic N) is 5. The molecule has 0 N–H and O–H groups in total. The highest BCUT2D eigenvalue weighted by atomic mass is 16.6. The second-order valence-electron chi connectivity index (χ2n) is 7.67. The van der Waals surface area contributed by atoms with Gasteiger partial charge in [0.15, 0.2) is 0 Å². The van der Waals surface area contributed by atoms with Crippen molar-refractivity contribution in [3.63, 3.8) is 0 Å². The van der Waals surface area contributed by atoms with Crippen LogP contribution in [0.4, 0.5) is 10.6 Å². The first-order chi connectivity index (χ1) is 11.3. The van der Waals surface area contributed by atoms with E-state index in [0.29, 0.717) is 0 Å². The molecule has 2 aliphatic heterocycles. The topological polar surface area (TPSA) is 82.4 Å². The molecule has 0 atom stereocenters. The molecule has 1 aromatic heterocycles. The molecular weight excluding hydrogens is 306 g/mol. The minimum absolute atomic E-state index is 0.201. The Morgan fingerprint density at radius 3 is 2.58 bits per heavy atom. The number of likely N-dealkylation sites (tertiary alicyclic amines) is 1. The summed E-state index contributed by atoms with van der Waals surface area (Å²) in [5, 5.41) is 8.91. The van der Waals surface area contributed by atoms with Gasteiger partial charge in [-0.1, -0.05) is 0 Å². The normalized spacial score (nSPS) is 19.6. The van der Waals surface area contributed by atoms with Gasteiger partial charge in [0.1, 0.15) is 17.5 Å². The third kappa shape index (κ3) is 3.42. The Bertz CT molecular complexity index is 660. The summed E-state index contributed by atoms with van der Waals surface area (Å²) in [6.07, 6.45) is 3.43. The Labute approximate surface area is 142 Å². The van der Waals surface area contributed by atoms with E-state index in [4.69, 9.17) is 10.00 Å². The first-order valence-electron chi connectivity index (χ1n) is 8.26. The first kappa shape index (κ1) is 16.5. The minimum atomic E-state index is -0.450. The smallest absolute Gasteiger partial charge is 0.410 e. The molecule has 0 unspecified atom stereocenters. The fourth-order valence-electron chi connectivity index (χ4n) is 3.32. The molecule has 24 heavy (non-hydrogen) atoms. The summed E-state index contributed by atoms with van der Waals surface area (Å²) in [6, 6.07) is 3.81. The summed E-state index contributed by atoms with van der Waals surface area (Å²) < 4.78 is 5.42. The molecule has 7 nitrogen and oxygen atoms in total. The number of hydrogen-bond donors (Lipinski definition) is 0. The predicted octanol–water partition coefficient (Wildman–Crippen LogP) is 2.19. The van der Waals surface area contributed by atoms with Crippen LogP contribution >= 0.6 is 0 Å². The van der Waals surface area contributed by atoms with Crippen molar-refractivity contribution in [1.29, 1.82) is 5.26 Å². The third-order valence-electron chi connectivity index (χ3n) is 4.59. The number of carbonyl (C=O) groups is 1. The van der Waals surface area contributed by atoms with Crippen molar-refractivity contribution in [2.24, 2.45) is 5.41 Å². The highest BCUT2D eigenvalue weighted by Crippen LogP contribution is 2.41. The van der Waals surface area contributed by atoms with Gasteiger partial charge in [-0.3, -0.25) is 0 Å². The highest BCUT2D eigenvalue weighted by molar-refractivity contribution is 5.69. The molecule has 0 saturated carbocycles. The lowest BCUT2D eigenvalue weighted by atomic mass is 9.72. The van der Waals surface area contributed by atoms with Gasteiger partial charge < -0.3 is 14.5 Å². The summed E-state index contributed by atoms with van der Waals surface area (Å²) in [7, 11) is 0. The van der Waals surface area contributed by atoms with E-state index in [2.05, 4.69) is 14.9 Å². The predicted molar refractivity (Wildman–Crippen MR) is 88.4 cm³/mol. The molecule has 0 aliphatic carbocycles. The molecule has 0 aromatic carbocycles. The summed E-state index contributed by atoms with van der Waals surface area (Å²) in [5.74, 6) is 1.01. The molecule has 1 amide bonds. The molecule has 128 valence electrons. The average Bonchev–Trinajstić information content (AvgIpc) is 2.51. The van der Waals surface area contributed by atoms with Gasteiger partial charge in [0.25, 0.3) is 0 Å². The fourth-order valence-corrected chi connectivity index (χ4v) is 3.32. The SMILES string of the molecule is CC(C)(C)OC(=O)N1CC2(CCN(c3ccnc(C#N)n3)CC2)C1. The Balaban J connectivity index is 1.53. The van der Waals surface area contributed by atoms with Crippen molar-refractivity contribution in [2.75, 3.05) is 31.1 Å². The number of ether oxygens (including phenoxy) is 1. The van der Waals surface area contributed by atoms with Crippen molar-refractivity contribution >= 4 is 11.9 Å². The summed E-state index contributed by atoms with van der Waals surface area (Å²) >= 11 is 0. The van der Waals surface area contributed by atoms with E-state index in [1.807, 2.05) is 32.9 Å². The monoisotopic (exact) mass is 329 g/mol. The standard InChI is InChI=1S/C17H23N5O2/c1-16(2,3)24-15(23)22-11-17(12-22)5-8-21(9-6-17)14-4-7-19-13(10-18)20-14/h4,7H,5-6,8-9,11-12H2,1-3H3. The maximum Gasteiger partial charge on any atom is 0.410 e. The molecule has 2 saturated heterocycles. The number of anilines is 1. The van der Waals surface area contributed by atoms with Crippen LogP contribution in [0.5, 0.6) is 0 Å². The Morgan fingerprint density at radius 2 is 2.00 bits per heavy atom. The van der Waals surface area contributed by atoms with E-state index in [1.54, 1.807) is 11.1 Å². The second-order valence-corrected chi connectivity index (χ2v) is 7.67. The maximum absolute atomic E-state index is 12.1. The van der Waals surface area contributed by atoms with Crippen LogP contribution in [-0.2, 0) is 4.74 Å². The van der Waals surface area contributed by atoms with E-state index < -0.39 is 5.60 Å². The average molecular weight is 329 g/mol. The van der Waals surface area contributed by atoms with Gasteiger partial charge in [-0.2, -0.15) is 5.26 Å². The maximum atomic E-state index is 12.1. The number of aromatic nitrogens is 2. The van der Waals surface area contributed by atoms with Gasteiger partial charge in [0, 0.05) is 37.8 Å². The van der Waals surface area contributed by atoms with Crippen LogP contribution in [-0.4, -0.2) is 52.7 Å². The zero-order valence-electron chi connectivity index (χ0n) is 14.4. The molecular formula is C17H23N5O2. The molecule has 1 aromatic rings. The largest absolute Gasteiger partial charge is 0.444 e. The van der Waals surface area contributed by atoms with Gasteiger partial charge in [0.2, 0.25) is 5.82 Å². The fraction of sp³-hybridized carbons (Fsp3) is 0.647. The van der Waals surface area contributed by atoms with Crippen LogP contribution in [0.2, 0.25) is 0 Å². The number of piperidine rings is 1. The van der Waals surface area contributed by atoms with Crippen LogP contribution in [0.15, 0.2) is 12.3 Å². The van der Waals surface area contributed by atoms with Crippen molar-refractivity contribution in [2.45, 2.75) is 39.2 Å². The molecule has 0 bridgehead atoms. The summed E-state index contributed by atoms with van der Waals surface area (Å²) in [4.78, 5) is 24.2. The highest BCUT2D eigenvalue weighted by Gasteiger charge is 2.47. The molecule has 2 fully saturated rings. The molecule has 3 rings (SSSR count). The van der Waals surface area contributed by atoms with E-state index in [0.717, 1.165) is 44.8 Å². The van der Waals surface area contributed by atoms with Crippen molar-refractivity contribution in [1.82, 2.24) is 14.9 Å². The van der Waals surface area contributed by atoms with E-state index in [-0.39, 0.29) is 17.3 Å². The van der Waals surface area contributed by atoms with Crippen molar-refractivity contribution in [3.05, 3.63) is 18.1 Å². The number of nitriles is 1. The Kier molecular flexibility index (Phi) is 4.08. The molecule has 1 spiro atoms. The quantitative estimate of drug-likeness (QED) is 0.785. The van der Waals surface area contributed by atoms with Gasteiger partial charge in [-0.15, -0.1) is 0 Å². The first-order valence-corrected chi connectivity index (χ1v) is 8.26. The van der Waals surface area contributed by atoms with Crippen LogP contribution in [0, 0.1) is 16.7 Å². The van der Waals surface area contributed by atoms with Crippen LogP contribution in [0.1, 0.15) is 39.4 Å². The lowest BCUT2D eigenvalue weighted by Crippen LogP contribution is -2.62. The molecule has 0 radical (unpaired) electrons. The van der Waals surface area contributed by atoms with Gasteiger partial charge in [-0.05, 0) is 39.7 Å². The lowest BCUT2D eigenvalue weighted by Gasteiger charge is -2.53. The molecule has 3 heterocycles. The number of carbonyl (C=O) groups excluding carboxylic acids is 1. The Hall–Kier alpha value is -2.36. The number of rotatable bonds is 1. The summed E-state index contributed by atoms with van der Waals surface area (Å²) in [5.41, 5.74) is -0.243. The number of hydrogen-bond acceptors (Lipinski definition) is 6. The van der Waals surface area contributed by atoms with Gasteiger partial charge in [0.05, 0.1) is 0 Å². The summed E-state index contributed by atoms with van der Waals surface area (Å²) in [6.45, 7) is 8.95. The van der Waals surface area contributed by atoms with Crippen LogP contribution in [0.25, 0.3) is 0 Å². The second kappa shape index (κ2) is 5.93. The van der Waals surface area contributed by atoms with E-state index in [1.165, 1.54) is 0 Å². The lowest BCUT2D eigenvalue weighted by molar-refractivity contribution is -0.0434. The van der Waals surface area contributed by atoms with E-state index >= 15 is 0 Å². The number of amides is 1. The molecule has 2 aliphatic rings. The third-order valence-corrected chi connectivity index (χ3v) is 4.59. The zero-order chi connectivity index (χ0) is 17.4. The Morgan fingerprint density at radius 1 is 1.33 bits per heavy atom. The van der Waals surface area contributed by atoms with Gasteiger partial charge in [-0.25, -0.2) is 14.8 Å². The zero-order valence-corrected chi connectivity index (χ0v) is 14.4. The van der Waals surface area contributed by atoms with Crippen molar-refractivity contribution in [3.8, 4) is 6.07 Å². The van der Waals surface area contributed by atoms with Gasteiger partial charge >= 0.3 is 6.09 Å². The van der Waals surface area contributed by atoms with Crippen LogP contribution < -0.4 is 4.90 Å². The minimum Gasteiger partial charge on any atom is -0.444 e. The van der Waals surface area contributed by atoms with E-state index in [9.17, 15) is 4.79 Å².